The molecule has 3 N–H and O–H groups in total. The molecular formula is C13H11FN4S. The van der Waals surface area contributed by atoms with Crippen LogP contribution in [0.1, 0.15) is 5.56 Å². The highest BCUT2D eigenvalue weighted by molar-refractivity contribution is 7.16. The maximum absolute atomic E-state index is 13.2. The number of nitrogens with one attached hydrogen (secondary N) is 1. The number of aryl methyl sites for hydroxylation is 1. The first-order chi connectivity index (χ1) is 9.13. The molecule has 0 aliphatic heterocycles. The van der Waals surface area contributed by atoms with Crippen molar-refractivity contribution in [1.29, 1.82) is 0 Å². The summed E-state index contributed by atoms with van der Waals surface area (Å²) in [5, 5.41) is 5.99. The van der Waals surface area contributed by atoms with Crippen LogP contribution in [0.25, 0.3) is 10.2 Å². The number of benzene rings is 1. The molecule has 6 heteroatoms. The largest absolute Gasteiger partial charge is 0.368 e. The fourth-order valence-electron chi connectivity index (χ4n) is 1.83. The van der Waals surface area contributed by atoms with Gasteiger partial charge in [0.25, 0.3) is 0 Å². The average Bonchev–Trinajstić information content (AvgIpc) is 2.82. The van der Waals surface area contributed by atoms with E-state index in [4.69, 9.17) is 5.73 Å². The quantitative estimate of drug-likeness (QED) is 0.751. The third-order valence-electron chi connectivity index (χ3n) is 2.76. The monoisotopic (exact) mass is 274 g/mol. The lowest BCUT2D eigenvalue weighted by Gasteiger charge is -2.08. The smallest absolute Gasteiger partial charge is 0.223 e. The Morgan fingerprint density at radius 2 is 2.11 bits per heavy atom. The fraction of sp³-hybridized carbons (Fsp3) is 0.0769. The third kappa shape index (κ3) is 2.22. The molecule has 0 saturated heterocycles. The molecule has 96 valence electrons. The molecule has 3 aromatic rings. The first kappa shape index (κ1) is 11.9. The van der Waals surface area contributed by atoms with E-state index in [0.717, 1.165) is 15.9 Å². The van der Waals surface area contributed by atoms with Gasteiger partial charge in [0.15, 0.2) is 0 Å². The highest BCUT2D eigenvalue weighted by Crippen LogP contribution is 2.28. The van der Waals surface area contributed by atoms with Crippen LogP contribution in [0.2, 0.25) is 0 Å². The van der Waals surface area contributed by atoms with Crippen LogP contribution in [-0.2, 0) is 0 Å². The second-order valence-corrected chi connectivity index (χ2v) is 5.05. The van der Waals surface area contributed by atoms with Crippen molar-refractivity contribution in [2.45, 2.75) is 6.92 Å². The van der Waals surface area contributed by atoms with Gasteiger partial charge in [-0.2, -0.15) is 4.98 Å². The highest BCUT2D eigenvalue weighted by Gasteiger charge is 2.08. The van der Waals surface area contributed by atoms with Gasteiger partial charge in [-0.05, 0) is 42.1 Å². The van der Waals surface area contributed by atoms with Crippen LogP contribution in [0.15, 0.2) is 29.6 Å². The van der Waals surface area contributed by atoms with Crippen molar-refractivity contribution in [3.05, 3.63) is 41.0 Å². The summed E-state index contributed by atoms with van der Waals surface area (Å²) in [5.41, 5.74) is 7.02. The van der Waals surface area contributed by atoms with Gasteiger partial charge >= 0.3 is 0 Å². The number of nitrogen functional groups attached to an aromatic ring is 1. The molecule has 0 atom stereocenters. The van der Waals surface area contributed by atoms with Crippen molar-refractivity contribution in [1.82, 2.24) is 9.97 Å². The Kier molecular flexibility index (Phi) is 2.79. The van der Waals surface area contributed by atoms with Gasteiger partial charge in [0.1, 0.15) is 16.5 Å². The first-order valence-corrected chi connectivity index (χ1v) is 6.55. The van der Waals surface area contributed by atoms with Gasteiger partial charge < -0.3 is 11.1 Å². The van der Waals surface area contributed by atoms with Crippen molar-refractivity contribution >= 4 is 39.0 Å². The molecule has 2 heterocycles. The second kappa shape index (κ2) is 4.47. The maximum atomic E-state index is 13.2. The normalized spacial score (nSPS) is 10.8. The molecule has 0 bridgehead atoms. The van der Waals surface area contributed by atoms with Crippen molar-refractivity contribution in [3.8, 4) is 0 Å². The number of fused-ring (bicyclic) bond motifs is 1. The van der Waals surface area contributed by atoms with Crippen LogP contribution in [0.3, 0.4) is 0 Å². The summed E-state index contributed by atoms with van der Waals surface area (Å²) >= 11 is 1.50. The standard InChI is InChI=1S/C13H11FN4S/c1-7-6-8(2-3-10(7)14)16-11-9-4-5-19-12(9)18-13(15)17-11/h2-6H,1H3,(H3,15,16,17,18). The average molecular weight is 274 g/mol. The predicted molar refractivity (Wildman–Crippen MR) is 76.2 cm³/mol. The van der Waals surface area contributed by atoms with Crippen LogP contribution < -0.4 is 11.1 Å². The van der Waals surface area contributed by atoms with E-state index in [1.54, 1.807) is 19.1 Å². The molecule has 0 aliphatic rings. The van der Waals surface area contributed by atoms with Gasteiger partial charge in [-0.1, -0.05) is 0 Å². The summed E-state index contributed by atoms with van der Waals surface area (Å²) in [4.78, 5) is 9.17. The van der Waals surface area contributed by atoms with Gasteiger partial charge in [-0.3, -0.25) is 0 Å². The van der Waals surface area contributed by atoms with E-state index in [-0.39, 0.29) is 11.8 Å². The summed E-state index contributed by atoms with van der Waals surface area (Å²) < 4.78 is 13.2. The van der Waals surface area contributed by atoms with E-state index in [1.807, 2.05) is 11.4 Å². The van der Waals surface area contributed by atoms with E-state index < -0.39 is 0 Å². The van der Waals surface area contributed by atoms with E-state index in [2.05, 4.69) is 15.3 Å². The van der Waals surface area contributed by atoms with E-state index in [1.165, 1.54) is 17.4 Å². The lowest BCUT2D eigenvalue weighted by atomic mass is 10.2. The molecule has 4 nitrogen and oxygen atoms in total. The Morgan fingerprint density at radius 3 is 2.89 bits per heavy atom. The Labute approximate surface area is 113 Å². The Balaban J connectivity index is 2.04. The Hall–Kier alpha value is -2.21. The summed E-state index contributed by atoms with van der Waals surface area (Å²) in [6, 6.07) is 6.75. The molecule has 3 rings (SSSR count). The number of anilines is 3. The van der Waals surface area contributed by atoms with E-state index in [9.17, 15) is 4.39 Å². The van der Waals surface area contributed by atoms with Gasteiger partial charge in [0, 0.05) is 5.69 Å². The minimum atomic E-state index is -0.228. The Morgan fingerprint density at radius 1 is 1.26 bits per heavy atom. The van der Waals surface area contributed by atoms with Gasteiger partial charge in [-0.25, -0.2) is 9.37 Å². The molecule has 0 unspecified atom stereocenters. The topological polar surface area (TPSA) is 63.8 Å². The summed E-state index contributed by atoms with van der Waals surface area (Å²) in [7, 11) is 0. The molecule has 0 fully saturated rings. The summed E-state index contributed by atoms with van der Waals surface area (Å²) in [5.74, 6) is 0.625. The summed E-state index contributed by atoms with van der Waals surface area (Å²) in [6.45, 7) is 1.72. The highest BCUT2D eigenvalue weighted by atomic mass is 32.1. The van der Waals surface area contributed by atoms with Crippen LogP contribution in [0.4, 0.5) is 21.8 Å². The van der Waals surface area contributed by atoms with Crippen LogP contribution >= 0.6 is 11.3 Å². The maximum Gasteiger partial charge on any atom is 0.223 e. The first-order valence-electron chi connectivity index (χ1n) is 5.67. The Bertz CT molecular complexity index is 753. The number of nitrogens with zero attached hydrogens (tertiary/aromatic N) is 2. The zero-order valence-electron chi connectivity index (χ0n) is 10.1. The number of nitrogens with two attached hydrogens (primary N) is 1. The molecule has 1 aromatic carbocycles. The predicted octanol–water partition coefficient (Wildman–Crippen LogP) is 3.46. The zero-order chi connectivity index (χ0) is 13.4. The second-order valence-electron chi connectivity index (χ2n) is 4.16. The molecule has 0 saturated carbocycles. The van der Waals surface area contributed by atoms with Gasteiger partial charge in [-0.15, -0.1) is 11.3 Å². The van der Waals surface area contributed by atoms with Crippen molar-refractivity contribution in [2.75, 3.05) is 11.1 Å². The molecular weight excluding hydrogens is 263 g/mol. The molecule has 0 aliphatic carbocycles. The number of rotatable bonds is 2. The molecule has 19 heavy (non-hydrogen) atoms. The number of hydrogen-bond donors (Lipinski definition) is 2. The minimum Gasteiger partial charge on any atom is -0.368 e. The lowest BCUT2D eigenvalue weighted by Crippen LogP contribution is -2.00. The zero-order valence-corrected chi connectivity index (χ0v) is 11.0. The van der Waals surface area contributed by atoms with Gasteiger partial charge in [0.05, 0.1) is 5.39 Å². The molecule has 0 radical (unpaired) electrons. The SMILES string of the molecule is Cc1cc(Nc2nc(N)nc3sccc23)ccc1F. The third-order valence-corrected chi connectivity index (χ3v) is 3.57. The number of thiophene rings is 1. The van der Waals surface area contributed by atoms with E-state index >= 15 is 0 Å². The van der Waals surface area contributed by atoms with Crippen molar-refractivity contribution < 1.29 is 4.39 Å². The number of aromatic nitrogens is 2. The fourth-order valence-corrected chi connectivity index (χ4v) is 2.60. The van der Waals surface area contributed by atoms with E-state index in [0.29, 0.717) is 11.4 Å². The van der Waals surface area contributed by atoms with Crippen LogP contribution in [0.5, 0.6) is 0 Å². The molecule has 2 aromatic heterocycles. The molecule has 0 spiro atoms. The van der Waals surface area contributed by atoms with Gasteiger partial charge in [0.2, 0.25) is 5.95 Å². The molecule has 0 amide bonds. The lowest BCUT2D eigenvalue weighted by molar-refractivity contribution is 0.619. The van der Waals surface area contributed by atoms with Crippen molar-refractivity contribution in [2.24, 2.45) is 0 Å². The van der Waals surface area contributed by atoms with Crippen molar-refractivity contribution in [3.63, 3.8) is 0 Å². The number of halogens is 1. The van der Waals surface area contributed by atoms with Crippen LogP contribution in [-0.4, -0.2) is 9.97 Å². The van der Waals surface area contributed by atoms with Crippen LogP contribution in [0, 0.1) is 12.7 Å². The number of hydrogen-bond acceptors (Lipinski definition) is 5. The minimum absolute atomic E-state index is 0.219. The summed E-state index contributed by atoms with van der Waals surface area (Å²) in [6.07, 6.45) is 0.